The molecule has 0 spiro atoms. The molecule has 2 aliphatic heterocycles. The van der Waals surface area contributed by atoms with Gasteiger partial charge >= 0.3 is 12.1 Å². The second-order valence-corrected chi connectivity index (χ2v) is 11.3. The van der Waals surface area contributed by atoms with E-state index in [1.807, 2.05) is 23.1 Å². The molecule has 2 fully saturated rings. The van der Waals surface area contributed by atoms with Gasteiger partial charge in [0.2, 0.25) is 0 Å². The maximum Gasteiger partial charge on any atom is 0.490 e. The second-order valence-electron chi connectivity index (χ2n) is 9.64. The van der Waals surface area contributed by atoms with Crippen LogP contribution in [0.2, 0.25) is 0 Å². The summed E-state index contributed by atoms with van der Waals surface area (Å²) in [6.45, 7) is 8.63. The first-order valence-electron chi connectivity index (χ1n) is 12.6. The predicted octanol–water partition coefficient (Wildman–Crippen LogP) is 3.71. The SMILES string of the molecule is Cc1ccccc1S(=O)(=O)Nc1cc(C(=O)N2CCCC(C)C2)ccc1N1CCNCC1.O=C(O)C(F)(F)F. The molecule has 13 heteroatoms. The number of hydrogen-bond acceptors (Lipinski definition) is 6. The van der Waals surface area contributed by atoms with Gasteiger partial charge in [0, 0.05) is 44.8 Å². The predicted molar refractivity (Wildman–Crippen MR) is 142 cm³/mol. The highest BCUT2D eigenvalue weighted by molar-refractivity contribution is 7.92. The van der Waals surface area contributed by atoms with Crippen LogP contribution in [-0.4, -0.2) is 75.7 Å². The number of carbonyl (C=O) groups excluding carboxylic acids is 1. The minimum absolute atomic E-state index is 0.0419. The summed E-state index contributed by atoms with van der Waals surface area (Å²) in [7, 11) is -3.80. The number of amides is 1. The largest absolute Gasteiger partial charge is 0.490 e. The van der Waals surface area contributed by atoms with Crippen LogP contribution in [0.1, 0.15) is 35.7 Å². The molecule has 4 rings (SSSR count). The van der Waals surface area contributed by atoms with Gasteiger partial charge in [0.05, 0.1) is 16.3 Å². The molecule has 0 aliphatic carbocycles. The number of aryl methyl sites for hydroxylation is 1. The number of piperidine rings is 1. The van der Waals surface area contributed by atoms with Crippen molar-refractivity contribution in [2.75, 3.05) is 48.9 Å². The number of carboxylic acid groups (broad SMARTS) is 1. The Morgan fingerprint density at radius 2 is 1.72 bits per heavy atom. The van der Waals surface area contributed by atoms with Crippen molar-refractivity contribution in [3.05, 3.63) is 53.6 Å². The number of benzene rings is 2. The monoisotopic (exact) mass is 570 g/mol. The molecule has 2 heterocycles. The number of carboxylic acids is 1. The van der Waals surface area contributed by atoms with Gasteiger partial charge in [-0.1, -0.05) is 25.1 Å². The molecule has 1 unspecified atom stereocenters. The van der Waals surface area contributed by atoms with Crippen molar-refractivity contribution < 1.29 is 36.3 Å². The molecule has 39 heavy (non-hydrogen) atoms. The average molecular weight is 571 g/mol. The van der Waals surface area contributed by atoms with Crippen LogP contribution in [-0.2, 0) is 14.8 Å². The van der Waals surface area contributed by atoms with Crippen LogP contribution >= 0.6 is 0 Å². The summed E-state index contributed by atoms with van der Waals surface area (Å²) in [6, 6.07) is 12.3. The van der Waals surface area contributed by atoms with Crippen molar-refractivity contribution in [3.8, 4) is 0 Å². The smallest absolute Gasteiger partial charge is 0.475 e. The Morgan fingerprint density at radius 1 is 1.08 bits per heavy atom. The van der Waals surface area contributed by atoms with E-state index in [2.05, 4.69) is 21.9 Å². The van der Waals surface area contributed by atoms with Crippen molar-refractivity contribution in [1.29, 1.82) is 0 Å². The number of aliphatic carboxylic acids is 1. The first-order valence-corrected chi connectivity index (χ1v) is 14.1. The van der Waals surface area contributed by atoms with Gasteiger partial charge in [-0.25, -0.2) is 13.2 Å². The van der Waals surface area contributed by atoms with E-state index < -0.39 is 22.2 Å². The van der Waals surface area contributed by atoms with Crippen LogP contribution in [0, 0.1) is 12.8 Å². The molecule has 0 aromatic heterocycles. The number of likely N-dealkylation sites (tertiary alicyclic amines) is 1. The fourth-order valence-corrected chi connectivity index (χ4v) is 5.86. The molecular formula is C26H33F3N4O5S. The Morgan fingerprint density at radius 3 is 2.31 bits per heavy atom. The summed E-state index contributed by atoms with van der Waals surface area (Å²) >= 11 is 0. The number of sulfonamides is 1. The van der Waals surface area contributed by atoms with Crippen LogP contribution < -0.4 is 14.9 Å². The van der Waals surface area contributed by atoms with Gasteiger partial charge in [-0.15, -0.1) is 0 Å². The number of nitrogens with one attached hydrogen (secondary N) is 2. The quantitative estimate of drug-likeness (QED) is 0.502. The fourth-order valence-electron chi connectivity index (χ4n) is 4.55. The number of carbonyl (C=O) groups is 2. The average Bonchev–Trinajstić information content (AvgIpc) is 2.88. The number of nitrogens with zero attached hydrogens (tertiary/aromatic N) is 2. The molecule has 3 N–H and O–H groups in total. The van der Waals surface area contributed by atoms with Crippen molar-refractivity contribution in [2.24, 2.45) is 5.92 Å². The van der Waals surface area contributed by atoms with Gasteiger partial charge in [-0.3, -0.25) is 9.52 Å². The lowest BCUT2D eigenvalue weighted by Crippen LogP contribution is -2.44. The minimum Gasteiger partial charge on any atom is -0.475 e. The number of hydrogen-bond donors (Lipinski definition) is 3. The molecule has 2 aromatic rings. The van der Waals surface area contributed by atoms with Gasteiger partial charge in [0.1, 0.15) is 0 Å². The van der Waals surface area contributed by atoms with E-state index in [9.17, 15) is 26.4 Å². The van der Waals surface area contributed by atoms with Crippen molar-refractivity contribution in [1.82, 2.24) is 10.2 Å². The third-order valence-electron chi connectivity index (χ3n) is 6.52. The van der Waals surface area contributed by atoms with Crippen molar-refractivity contribution in [2.45, 2.75) is 37.8 Å². The van der Waals surface area contributed by atoms with Gasteiger partial charge in [0.25, 0.3) is 15.9 Å². The third-order valence-corrected chi connectivity index (χ3v) is 8.04. The zero-order valence-electron chi connectivity index (χ0n) is 21.8. The van der Waals surface area contributed by atoms with Crippen molar-refractivity contribution >= 4 is 33.3 Å². The Bertz CT molecular complexity index is 1280. The van der Waals surface area contributed by atoms with E-state index in [-0.39, 0.29) is 10.8 Å². The molecule has 0 saturated carbocycles. The Labute approximate surface area is 226 Å². The molecule has 0 bridgehead atoms. The summed E-state index contributed by atoms with van der Waals surface area (Å²) in [4.78, 5) is 26.4. The van der Waals surface area contributed by atoms with Crippen LogP contribution in [0.3, 0.4) is 0 Å². The molecular weight excluding hydrogens is 537 g/mol. The maximum atomic E-state index is 13.2. The summed E-state index contributed by atoms with van der Waals surface area (Å²) < 4.78 is 61.0. The molecule has 0 radical (unpaired) electrons. The second kappa shape index (κ2) is 12.7. The van der Waals surface area contributed by atoms with Crippen LogP contribution in [0.15, 0.2) is 47.4 Å². The Hall–Kier alpha value is -3.32. The number of anilines is 2. The summed E-state index contributed by atoms with van der Waals surface area (Å²) in [5.74, 6) is -2.32. The minimum atomic E-state index is -5.08. The first kappa shape index (κ1) is 30.2. The number of piperazine rings is 1. The summed E-state index contributed by atoms with van der Waals surface area (Å²) in [6.07, 6.45) is -2.95. The van der Waals surface area contributed by atoms with Gasteiger partial charge in [-0.05, 0) is 55.5 Å². The zero-order valence-corrected chi connectivity index (χ0v) is 22.6. The van der Waals surface area contributed by atoms with E-state index in [4.69, 9.17) is 9.90 Å². The lowest BCUT2D eigenvalue weighted by molar-refractivity contribution is -0.192. The highest BCUT2D eigenvalue weighted by Crippen LogP contribution is 2.31. The van der Waals surface area contributed by atoms with E-state index >= 15 is 0 Å². The molecule has 9 nitrogen and oxygen atoms in total. The Balaban J connectivity index is 0.000000532. The van der Waals surface area contributed by atoms with E-state index in [1.54, 1.807) is 31.2 Å². The molecule has 214 valence electrons. The van der Waals surface area contributed by atoms with Gasteiger partial charge in [0.15, 0.2) is 0 Å². The highest BCUT2D eigenvalue weighted by Gasteiger charge is 2.38. The van der Waals surface area contributed by atoms with Gasteiger partial charge < -0.3 is 20.2 Å². The number of halogens is 3. The third kappa shape index (κ3) is 8.09. The normalized spacial score (nSPS) is 18.1. The van der Waals surface area contributed by atoms with E-state index in [1.165, 1.54) is 0 Å². The maximum absolute atomic E-state index is 13.2. The molecule has 2 aliphatic rings. The standard InChI is InChI=1S/C24H32N4O3S.C2HF3O2/c1-18-6-5-13-28(17-18)24(29)20-9-10-22(27-14-11-25-12-15-27)21(16-20)26-32(30,31)23-8-4-3-7-19(23)2;3-2(4,5)1(6)7/h3-4,7-10,16,18,25-26H,5-6,11-15,17H2,1-2H3;(H,6,7). The molecule has 2 saturated heterocycles. The summed E-state index contributed by atoms with van der Waals surface area (Å²) in [5, 5.41) is 10.4. The van der Waals surface area contributed by atoms with Crippen LogP contribution in [0.5, 0.6) is 0 Å². The lowest BCUT2D eigenvalue weighted by atomic mass is 9.99. The Kier molecular flexibility index (Phi) is 9.83. The number of rotatable bonds is 5. The zero-order chi connectivity index (χ0) is 28.8. The summed E-state index contributed by atoms with van der Waals surface area (Å²) in [5.41, 5.74) is 2.44. The van der Waals surface area contributed by atoms with Crippen molar-refractivity contribution in [3.63, 3.8) is 0 Å². The fraction of sp³-hybridized carbons (Fsp3) is 0.462. The topological polar surface area (TPSA) is 119 Å². The first-order chi connectivity index (χ1) is 18.3. The van der Waals surface area contributed by atoms with E-state index in [0.29, 0.717) is 22.7 Å². The van der Waals surface area contributed by atoms with Crippen LogP contribution in [0.4, 0.5) is 24.5 Å². The number of alkyl halides is 3. The molecule has 2 aromatic carbocycles. The van der Waals surface area contributed by atoms with E-state index in [0.717, 1.165) is 57.8 Å². The van der Waals surface area contributed by atoms with Gasteiger partial charge in [-0.2, -0.15) is 13.2 Å². The molecule has 1 amide bonds. The highest BCUT2D eigenvalue weighted by atomic mass is 32.2. The molecule has 1 atom stereocenters. The van der Waals surface area contributed by atoms with Crippen LogP contribution in [0.25, 0.3) is 0 Å². The lowest BCUT2D eigenvalue weighted by Gasteiger charge is -2.33.